The van der Waals surface area contributed by atoms with Gasteiger partial charge >= 0.3 is 0 Å². The van der Waals surface area contributed by atoms with Crippen LogP contribution in [0.15, 0.2) is 53.6 Å². The molecule has 4 heteroatoms. The maximum Gasteiger partial charge on any atom is 0.118 e. The quantitative estimate of drug-likeness (QED) is 0.931. The summed E-state index contributed by atoms with van der Waals surface area (Å²) < 4.78 is 5.17. The summed E-state index contributed by atoms with van der Waals surface area (Å²) in [4.78, 5) is 0. The highest BCUT2D eigenvalue weighted by molar-refractivity contribution is 6.30. The first-order chi connectivity index (χ1) is 9.76. The molecule has 0 saturated heterocycles. The number of methoxy groups -OCH3 is 1. The molecule has 0 radical (unpaired) electrons. The van der Waals surface area contributed by atoms with Gasteiger partial charge in [0, 0.05) is 11.4 Å². The lowest BCUT2D eigenvalue weighted by Gasteiger charge is -2.10. The van der Waals surface area contributed by atoms with Crippen LogP contribution in [0.1, 0.15) is 23.6 Å². The Hall–Kier alpha value is -2.00. The predicted octanol–water partition coefficient (Wildman–Crippen LogP) is 3.79. The van der Waals surface area contributed by atoms with E-state index in [0.717, 1.165) is 28.5 Å². The van der Waals surface area contributed by atoms with Crippen LogP contribution in [0.5, 0.6) is 5.75 Å². The lowest BCUT2D eigenvalue weighted by atomic mass is 9.99. The molecule has 0 aliphatic carbocycles. The monoisotopic (exact) mass is 286 g/mol. The maximum absolute atomic E-state index is 5.90. The second-order valence-electron chi connectivity index (χ2n) is 4.72. The van der Waals surface area contributed by atoms with Crippen LogP contribution in [0.4, 0.5) is 0 Å². The van der Waals surface area contributed by atoms with Crippen LogP contribution in [0.3, 0.4) is 0 Å². The Morgan fingerprint density at radius 1 is 1.10 bits per heavy atom. The first-order valence-corrected chi connectivity index (χ1v) is 6.86. The number of nitrogens with one attached hydrogen (secondary N) is 1. The van der Waals surface area contributed by atoms with Crippen LogP contribution < -0.4 is 10.2 Å². The van der Waals surface area contributed by atoms with E-state index in [2.05, 4.69) is 22.7 Å². The van der Waals surface area contributed by atoms with Crippen LogP contribution in [0.2, 0.25) is 5.02 Å². The molecule has 20 heavy (non-hydrogen) atoms. The Kier molecular flexibility index (Phi) is 3.61. The van der Waals surface area contributed by atoms with E-state index < -0.39 is 0 Å². The second kappa shape index (κ2) is 5.55. The average molecular weight is 287 g/mol. The van der Waals surface area contributed by atoms with Gasteiger partial charge < -0.3 is 10.2 Å². The van der Waals surface area contributed by atoms with Gasteiger partial charge in [-0.25, -0.2) is 0 Å². The molecular formula is C16H15ClN2O. The number of hydrazone groups is 1. The minimum atomic E-state index is 0.214. The molecule has 102 valence electrons. The number of ether oxygens (including phenoxy) is 1. The van der Waals surface area contributed by atoms with Gasteiger partial charge in [0.2, 0.25) is 0 Å². The number of hydrogen-bond acceptors (Lipinski definition) is 3. The van der Waals surface area contributed by atoms with Crippen molar-refractivity contribution in [3.05, 3.63) is 64.7 Å². The summed E-state index contributed by atoms with van der Waals surface area (Å²) in [5.74, 6) is 0.866. The molecule has 1 heterocycles. The van der Waals surface area contributed by atoms with Crippen molar-refractivity contribution in [1.82, 2.24) is 5.43 Å². The topological polar surface area (TPSA) is 33.6 Å². The zero-order valence-electron chi connectivity index (χ0n) is 11.1. The highest BCUT2D eigenvalue weighted by Crippen LogP contribution is 2.26. The van der Waals surface area contributed by atoms with Crippen LogP contribution in [-0.4, -0.2) is 12.8 Å². The summed E-state index contributed by atoms with van der Waals surface area (Å²) in [6.45, 7) is 0. The fraction of sp³-hybridized carbons (Fsp3) is 0.188. The average Bonchev–Trinajstić information content (AvgIpc) is 2.98. The summed E-state index contributed by atoms with van der Waals surface area (Å²) in [5, 5.41) is 5.17. The number of hydrogen-bond donors (Lipinski definition) is 1. The van der Waals surface area contributed by atoms with Crippen molar-refractivity contribution in [3.8, 4) is 5.75 Å². The third kappa shape index (κ3) is 2.63. The standard InChI is InChI=1S/C16H15ClN2O/c1-20-14-8-4-12(5-9-14)16-10-15(18-19-16)11-2-6-13(17)7-3-11/h2-9,16,19H,10H2,1H3. The molecule has 1 N–H and O–H groups in total. The Balaban J connectivity index is 1.73. The normalized spacial score (nSPS) is 17.5. The van der Waals surface area contributed by atoms with Crippen molar-refractivity contribution in [3.63, 3.8) is 0 Å². The molecule has 0 amide bonds. The van der Waals surface area contributed by atoms with Crippen molar-refractivity contribution in [1.29, 1.82) is 0 Å². The van der Waals surface area contributed by atoms with Gasteiger partial charge in [0.15, 0.2) is 0 Å². The van der Waals surface area contributed by atoms with Gasteiger partial charge in [-0.05, 0) is 35.4 Å². The lowest BCUT2D eigenvalue weighted by Crippen LogP contribution is -2.09. The van der Waals surface area contributed by atoms with Gasteiger partial charge in [0.1, 0.15) is 5.75 Å². The van der Waals surface area contributed by atoms with Crippen molar-refractivity contribution in [2.24, 2.45) is 5.10 Å². The molecule has 1 atom stereocenters. The zero-order chi connectivity index (χ0) is 13.9. The molecule has 0 fully saturated rings. The van der Waals surface area contributed by atoms with Gasteiger partial charge in [-0.15, -0.1) is 0 Å². The largest absolute Gasteiger partial charge is 0.497 e. The second-order valence-corrected chi connectivity index (χ2v) is 5.16. The van der Waals surface area contributed by atoms with Gasteiger partial charge in [0.05, 0.1) is 18.9 Å². The molecule has 3 nitrogen and oxygen atoms in total. The van der Waals surface area contributed by atoms with Crippen LogP contribution in [0, 0.1) is 0 Å². The third-order valence-corrected chi connectivity index (χ3v) is 3.70. The molecule has 2 aromatic carbocycles. The molecule has 3 rings (SSSR count). The number of halogens is 1. The fourth-order valence-corrected chi connectivity index (χ4v) is 2.42. The molecule has 1 unspecified atom stereocenters. The van der Waals surface area contributed by atoms with E-state index in [1.54, 1.807) is 7.11 Å². The van der Waals surface area contributed by atoms with Crippen LogP contribution in [0.25, 0.3) is 0 Å². The molecule has 0 aromatic heterocycles. The van der Waals surface area contributed by atoms with Crippen molar-refractivity contribution >= 4 is 17.3 Å². The Bertz CT molecular complexity index is 620. The van der Waals surface area contributed by atoms with E-state index in [9.17, 15) is 0 Å². The minimum absolute atomic E-state index is 0.214. The van der Waals surface area contributed by atoms with Crippen molar-refractivity contribution < 1.29 is 4.74 Å². The Labute approximate surface area is 123 Å². The summed E-state index contributed by atoms with van der Waals surface area (Å²) in [6, 6.07) is 16.1. The van der Waals surface area contributed by atoms with E-state index in [1.165, 1.54) is 5.56 Å². The van der Waals surface area contributed by atoms with E-state index in [-0.39, 0.29) is 6.04 Å². The Morgan fingerprint density at radius 3 is 2.45 bits per heavy atom. The summed E-state index contributed by atoms with van der Waals surface area (Å²) in [5.41, 5.74) is 6.56. The fourth-order valence-electron chi connectivity index (χ4n) is 2.29. The van der Waals surface area contributed by atoms with E-state index in [1.807, 2.05) is 36.4 Å². The highest BCUT2D eigenvalue weighted by atomic mass is 35.5. The summed E-state index contributed by atoms with van der Waals surface area (Å²) >= 11 is 5.90. The number of nitrogens with zero attached hydrogens (tertiary/aromatic N) is 1. The van der Waals surface area contributed by atoms with Gasteiger partial charge in [-0.3, -0.25) is 0 Å². The predicted molar refractivity (Wildman–Crippen MR) is 81.5 cm³/mol. The van der Waals surface area contributed by atoms with Gasteiger partial charge in [-0.1, -0.05) is 35.9 Å². The van der Waals surface area contributed by atoms with Crippen molar-refractivity contribution in [2.75, 3.05) is 7.11 Å². The summed E-state index contributed by atoms with van der Waals surface area (Å²) in [7, 11) is 1.67. The maximum atomic E-state index is 5.90. The first-order valence-electron chi connectivity index (χ1n) is 6.48. The van der Waals surface area contributed by atoms with E-state index in [0.29, 0.717) is 0 Å². The summed E-state index contributed by atoms with van der Waals surface area (Å²) in [6.07, 6.45) is 0.869. The molecular weight excluding hydrogens is 272 g/mol. The molecule has 2 aromatic rings. The van der Waals surface area contributed by atoms with Crippen LogP contribution in [-0.2, 0) is 0 Å². The highest BCUT2D eigenvalue weighted by Gasteiger charge is 2.21. The molecule has 1 aliphatic heterocycles. The van der Waals surface area contributed by atoms with Gasteiger partial charge in [0.25, 0.3) is 0 Å². The van der Waals surface area contributed by atoms with E-state index in [4.69, 9.17) is 16.3 Å². The third-order valence-electron chi connectivity index (χ3n) is 3.45. The first kappa shape index (κ1) is 13.0. The SMILES string of the molecule is COc1ccc(C2CC(c3ccc(Cl)cc3)=NN2)cc1. The number of benzene rings is 2. The van der Waals surface area contributed by atoms with E-state index >= 15 is 0 Å². The molecule has 0 bridgehead atoms. The minimum Gasteiger partial charge on any atom is -0.497 e. The Morgan fingerprint density at radius 2 is 1.80 bits per heavy atom. The smallest absolute Gasteiger partial charge is 0.118 e. The zero-order valence-corrected chi connectivity index (χ0v) is 11.9. The molecule has 0 saturated carbocycles. The van der Waals surface area contributed by atoms with Crippen molar-refractivity contribution in [2.45, 2.75) is 12.5 Å². The molecule has 1 aliphatic rings. The lowest BCUT2D eigenvalue weighted by molar-refractivity contribution is 0.414. The van der Waals surface area contributed by atoms with Gasteiger partial charge in [-0.2, -0.15) is 5.10 Å². The molecule has 0 spiro atoms. The number of rotatable bonds is 3. The van der Waals surface area contributed by atoms with Crippen LogP contribution >= 0.6 is 11.6 Å².